The van der Waals surface area contributed by atoms with Gasteiger partial charge < -0.3 is 14.2 Å². The van der Waals surface area contributed by atoms with Gasteiger partial charge >= 0.3 is 0 Å². The Morgan fingerprint density at radius 1 is 1.10 bits per heavy atom. The molecule has 1 spiro atoms. The lowest BCUT2D eigenvalue weighted by Gasteiger charge is -2.40. The van der Waals surface area contributed by atoms with Gasteiger partial charge in [-0.05, 0) is 29.7 Å². The number of rotatable bonds is 2. The topological polar surface area (TPSA) is 25.0 Å². The maximum Gasteiger partial charge on any atom is 0.119 e. The van der Waals surface area contributed by atoms with Crippen LogP contribution in [-0.4, -0.2) is 42.8 Å². The molecule has 2 aromatic rings. The minimum Gasteiger partial charge on any atom is -0.497 e. The standard InChI is InChI=1S/C18H25N2O/c1-21-15-4-5-18-16(12-15)17(13-19-18)14-6-10-20(11-7-14)8-2-3-9-20/h4-5,12-14,19H,2-3,6-11H2,1H3/q+1. The maximum atomic E-state index is 5.39. The van der Waals surface area contributed by atoms with E-state index in [9.17, 15) is 0 Å². The van der Waals surface area contributed by atoms with Crippen molar-refractivity contribution < 1.29 is 9.22 Å². The molecule has 1 aromatic carbocycles. The van der Waals surface area contributed by atoms with Crippen molar-refractivity contribution in [2.45, 2.75) is 31.6 Å². The minimum atomic E-state index is 0.718. The molecular weight excluding hydrogens is 260 g/mol. The molecule has 21 heavy (non-hydrogen) atoms. The number of methoxy groups -OCH3 is 1. The minimum absolute atomic E-state index is 0.718. The van der Waals surface area contributed by atoms with Gasteiger partial charge in [0, 0.05) is 42.8 Å². The van der Waals surface area contributed by atoms with Gasteiger partial charge in [0.05, 0.1) is 33.3 Å². The summed E-state index contributed by atoms with van der Waals surface area (Å²) in [5, 5.41) is 1.36. The van der Waals surface area contributed by atoms with Gasteiger partial charge in [-0.2, -0.15) is 0 Å². The SMILES string of the molecule is COc1ccc2[nH]cc(C3CC[N+]4(CCCC4)CC3)c2c1. The summed E-state index contributed by atoms with van der Waals surface area (Å²) >= 11 is 0. The summed E-state index contributed by atoms with van der Waals surface area (Å²) in [6.07, 6.45) is 7.78. The second-order valence-electron chi connectivity index (χ2n) is 6.87. The predicted molar refractivity (Wildman–Crippen MR) is 85.8 cm³/mol. The quantitative estimate of drug-likeness (QED) is 0.837. The highest BCUT2D eigenvalue weighted by atomic mass is 16.5. The summed E-state index contributed by atoms with van der Waals surface area (Å²) in [6.45, 7) is 5.60. The van der Waals surface area contributed by atoms with E-state index >= 15 is 0 Å². The van der Waals surface area contributed by atoms with E-state index in [-0.39, 0.29) is 0 Å². The lowest BCUT2D eigenvalue weighted by molar-refractivity contribution is -0.921. The highest BCUT2D eigenvalue weighted by Crippen LogP contribution is 2.38. The van der Waals surface area contributed by atoms with Crippen LogP contribution in [0.25, 0.3) is 10.9 Å². The summed E-state index contributed by atoms with van der Waals surface area (Å²) in [5.41, 5.74) is 2.74. The third-order valence-electron chi connectivity index (χ3n) is 5.78. The number of fused-ring (bicyclic) bond motifs is 1. The van der Waals surface area contributed by atoms with Crippen molar-refractivity contribution in [3.05, 3.63) is 30.0 Å². The Labute approximate surface area is 126 Å². The van der Waals surface area contributed by atoms with E-state index in [4.69, 9.17) is 4.74 Å². The second-order valence-corrected chi connectivity index (χ2v) is 6.87. The Morgan fingerprint density at radius 2 is 1.86 bits per heavy atom. The summed E-state index contributed by atoms with van der Waals surface area (Å²) in [7, 11) is 1.75. The van der Waals surface area contributed by atoms with Crippen LogP contribution in [0.3, 0.4) is 0 Å². The molecule has 0 amide bonds. The largest absolute Gasteiger partial charge is 0.497 e. The summed E-state index contributed by atoms with van der Waals surface area (Å²) in [5.74, 6) is 1.68. The molecule has 0 atom stereocenters. The number of H-pyrrole nitrogens is 1. The summed E-state index contributed by atoms with van der Waals surface area (Å²) < 4.78 is 6.80. The maximum absolute atomic E-state index is 5.39. The van der Waals surface area contributed by atoms with Crippen LogP contribution >= 0.6 is 0 Å². The first-order valence-electron chi connectivity index (χ1n) is 8.30. The summed E-state index contributed by atoms with van der Waals surface area (Å²) in [4.78, 5) is 3.44. The molecule has 3 nitrogen and oxygen atoms in total. The molecule has 0 radical (unpaired) electrons. The third kappa shape index (κ3) is 2.24. The number of quaternary nitrogens is 1. The Bertz CT molecular complexity index is 630. The van der Waals surface area contributed by atoms with Crippen LogP contribution in [0, 0.1) is 0 Å². The molecule has 1 aromatic heterocycles. The van der Waals surface area contributed by atoms with Crippen molar-refractivity contribution in [3.63, 3.8) is 0 Å². The normalized spacial score (nSPS) is 22.1. The van der Waals surface area contributed by atoms with Gasteiger partial charge in [-0.25, -0.2) is 0 Å². The molecule has 0 bridgehead atoms. The smallest absolute Gasteiger partial charge is 0.119 e. The van der Waals surface area contributed by atoms with E-state index in [0.29, 0.717) is 0 Å². The molecule has 4 rings (SSSR count). The van der Waals surface area contributed by atoms with E-state index in [1.54, 1.807) is 7.11 Å². The van der Waals surface area contributed by atoms with Crippen LogP contribution in [0.15, 0.2) is 24.4 Å². The Morgan fingerprint density at radius 3 is 2.57 bits per heavy atom. The van der Waals surface area contributed by atoms with Crippen molar-refractivity contribution in [1.29, 1.82) is 0 Å². The number of nitrogens with zero attached hydrogens (tertiary/aromatic N) is 1. The zero-order valence-corrected chi connectivity index (χ0v) is 12.9. The Balaban J connectivity index is 1.59. The molecule has 1 N–H and O–H groups in total. The number of ether oxygens (including phenoxy) is 1. The molecule has 112 valence electrons. The molecule has 2 aliphatic rings. The zero-order chi connectivity index (χ0) is 14.3. The second kappa shape index (κ2) is 5.06. The van der Waals surface area contributed by atoms with E-state index in [1.165, 1.54) is 72.8 Å². The van der Waals surface area contributed by atoms with Crippen molar-refractivity contribution in [1.82, 2.24) is 4.98 Å². The molecule has 2 aliphatic heterocycles. The average Bonchev–Trinajstić information content (AvgIpc) is 3.15. The van der Waals surface area contributed by atoms with Crippen LogP contribution in [0.1, 0.15) is 37.2 Å². The first kappa shape index (κ1) is 13.2. The average molecular weight is 285 g/mol. The van der Waals surface area contributed by atoms with Crippen molar-refractivity contribution in [2.24, 2.45) is 0 Å². The fourth-order valence-electron chi connectivity index (χ4n) is 4.47. The van der Waals surface area contributed by atoms with Gasteiger partial charge in [-0.3, -0.25) is 0 Å². The fraction of sp³-hybridized carbons (Fsp3) is 0.556. The molecule has 0 aliphatic carbocycles. The zero-order valence-electron chi connectivity index (χ0n) is 12.9. The van der Waals surface area contributed by atoms with Gasteiger partial charge in [0.1, 0.15) is 5.75 Å². The lowest BCUT2D eigenvalue weighted by atomic mass is 9.88. The van der Waals surface area contributed by atoms with E-state index in [0.717, 1.165) is 11.7 Å². The number of hydrogen-bond acceptors (Lipinski definition) is 1. The molecule has 2 fully saturated rings. The van der Waals surface area contributed by atoms with Crippen LogP contribution in [0.5, 0.6) is 5.75 Å². The van der Waals surface area contributed by atoms with Gasteiger partial charge in [-0.15, -0.1) is 0 Å². The Kier molecular flexibility index (Phi) is 3.18. The molecule has 2 saturated heterocycles. The number of hydrogen-bond donors (Lipinski definition) is 1. The first-order chi connectivity index (χ1) is 10.3. The third-order valence-corrected chi connectivity index (χ3v) is 5.78. The number of aromatic amines is 1. The highest BCUT2D eigenvalue weighted by molar-refractivity contribution is 5.85. The fourth-order valence-corrected chi connectivity index (χ4v) is 4.47. The van der Waals surface area contributed by atoms with Gasteiger partial charge in [-0.1, -0.05) is 0 Å². The van der Waals surface area contributed by atoms with Crippen LogP contribution < -0.4 is 4.74 Å². The van der Waals surface area contributed by atoms with Crippen molar-refractivity contribution >= 4 is 10.9 Å². The molecule has 3 heteroatoms. The van der Waals surface area contributed by atoms with E-state index < -0.39 is 0 Å². The van der Waals surface area contributed by atoms with Crippen LogP contribution in [-0.2, 0) is 0 Å². The monoisotopic (exact) mass is 285 g/mol. The van der Waals surface area contributed by atoms with Gasteiger partial charge in [0.2, 0.25) is 0 Å². The van der Waals surface area contributed by atoms with E-state index in [1.807, 2.05) is 6.07 Å². The van der Waals surface area contributed by atoms with Crippen LogP contribution in [0.4, 0.5) is 0 Å². The first-order valence-corrected chi connectivity index (χ1v) is 8.30. The lowest BCUT2D eigenvalue weighted by Crippen LogP contribution is -2.50. The van der Waals surface area contributed by atoms with Gasteiger partial charge in [0.25, 0.3) is 0 Å². The molecule has 0 saturated carbocycles. The Hall–Kier alpha value is -1.48. The molecule has 0 unspecified atom stereocenters. The predicted octanol–water partition coefficient (Wildman–Crippen LogP) is 3.66. The number of nitrogens with one attached hydrogen (secondary N) is 1. The highest BCUT2D eigenvalue weighted by Gasteiger charge is 2.37. The van der Waals surface area contributed by atoms with E-state index in [2.05, 4.69) is 23.3 Å². The van der Waals surface area contributed by atoms with Crippen molar-refractivity contribution in [3.8, 4) is 5.75 Å². The molecule has 3 heterocycles. The van der Waals surface area contributed by atoms with Gasteiger partial charge in [0.15, 0.2) is 0 Å². The number of benzene rings is 1. The molecular formula is C18H25N2O+. The number of aromatic nitrogens is 1. The van der Waals surface area contributed by atoms with Crippen LogP contribution in [0.2, 0.25) is 0 Å². The van der Waals surface area contributed by atoms with Crippen molar-refractivity contribution in [2.75, 3.05) is 33.3 Å². The number of piperidine rings is 1. The summed E-state index contributed by atoms with van der Waals surface area (Å²) in [6, 6.07) is 6.36.